The van der Waals surface area contributed by atoms with Crippen LogP contribution in [0.2, 0.25) is 0 Å². The molecule has 4 aromatic heterocycles. The summed E-state index contributed by atoms with van der Waals surface area (Å²) in [5.41, 5.74) is 5.20. The van der Waals surface area contributed by atoms with Gasteiger partial charge in [0.1, 0.15) is 0 Å². The van der Waals surface area contributed by atoms with Crippen molar-refractivity contribution in [3.63, 3.8) is 0 Å². The standard InChI is InChI=1S/C22H17N5O/c1-2-18-20(15-6-4-3-5-7-15)21-24-14-17-19(27(21)25-18)10-13-26(22(17)28)16-8-11-23-12-9-16/h3-14H,2H2,1H3. The molecule has 136 valence electrons. The highest BCUT2D eigenvalue weighted by Gasteiger charge is 2.17. The lowest BCUT2D eigenvalue weighted by atomic mass is 10.0. The zero-order chi connectivity index (χ0) is 19.1. The number of benzene rings is 1. The van der Waals surface area contributed by atoms with Gasteiger partial charge in [-0.1, -0.05) is 37.3 Å². The Bertz CT molecular complexity index is 1350. The molecule has 28 heavy (non-hydrogen) atoms. The Morgan fingerprint density at radius 2 is 1.79 bits per heavy atom. The van der Waals surface area contributed by atoms with Crippen LogP contribution >= 0.6 is 0 Å². The second-order valence-corrected chi connectivity index (χ2v) is 6.53. The fraction of sp³-hybridized carbons (Fsp3) is 0.0909. The molecule has 5 aromatic rings. The molecule has 0 aliphatic carbocycles. The first kappa shape index (κ1) is 16.4. The van der Waals surface area contributed by atoms with E-state index in [0.717, 1.165) is 40.1 Å². The van der Waals surface area contributed by atoms with Gasteiger partial charge in [-0.25, -0.2) is 9.50 Å². The third-order valence-corrected chi connectivity index (χ3v) is 4.92. The van der Waals surface area contributed by atoms with Gasteiger partial charge in [0.05, 0.1) is 22.3 Å². The van der Waals surface area contributed by atoms with Gasteiger partial charge in [-0.15, -0.1) is 0 Å². The Labute approximate surface area is 160 Å². The predicted octanol–water partition coefficient (Wildman–Crippen LogP) is 3.66. The van der Waals surface area contributed by atoms with Crippen LogP contribution in [0.25, 0.3) is 33.4 Å². The molecule has 1 aromatic carbocycles. The van der Waals surface area contributed by atoms with E-state index >= 15 is 0 Å². The first-order valence-corrected chi connectivity index (χ1v) is 9.15. The summed E-state index contributed by atoms with van der Waals surface area (Å²) in [7, 11) is 0. The number of hydrogen-bond donors (Lipinski definition) is 0. The fourth-order valence-corrected chi connectivity index (χ4v) is 3.57. The number of fused-ring (bicyclic) bond motifs is 3. The topological polar surface area (TPSA) is 65.1 Å². The van der Waals surface area contributed by atoms with Crippen molar-refractivity contribution in [2.75, 3.05) is 0 Å². The SMILES string of the molecule is CCc1nn2c(ncc3c(=O)n(-c4ccncc4)ccc32)c1-c1ccccc1. The van der Waals surface area contributed by atoms with Crippen LogP contribution in [-0.2, 0) is 6.42 Å². The number of hydrogen-bond acceptors (Lipinski definition) is 4. The summed E-state index contributed by atoms with van der Waals surface area (Å²) in [6.45, 7) is 2.08. The van der Waals surface area contributed by atoms with Crippen LogP contribution in [0.5, 0.6) is 0 Å². The number of aromatic nitrogens is 5. The van der Waals surface area contributed by atoms with Crippen molar-refractivity contribution in [2.24, 2.45) is 0 Å². The zero-order valence-corrected chi connectivity index (χ0v) is 15.3. The van der Waals surface area contributed by atoms with E-state index in [0.29, 0.717) is 5.39 Å². The van der Waals surface area contributed by atoms with E-state index in [-0.39, 0.29) is 5.56 Å². The third-order valence-electron chi connectivity index (χ3n) is 4.92. The van der Waals surface area contributed by atoms with E-state index in [1.165, 1.54) is 0 Å². The molecule has 0 amide bonds. The maximum atomic E-state index is 13.1. The highest BCUT2D eigenvalue weighted by Crippen LogP contribution is 2.29. The first-order valence-electron chi connectivity index (χ1n) is 9.15. The van der Waals surface area contributed by atoms with E-state index in [1.807, 2.05) is 24.3 Å². The number of aryl methyl sites for hydroxylation is 1. The van der Waals surface area contributed by atoms with Gasteiger partial charge in [-0.3, -0.25) is 14.3 Å². The average molecular weight is 367 g/mol. The molecule has 0 fully saturated rings. The van der Waals surface area contributed by atoms with Crippen LogP contribution in [0, 0.1) is 0 Å². The van der Waals surface area contributed by atoms with Crippen molar-refractivity contribution in [3.8, 4) is 16.8 Å². The first-order chi connectivity index (χ1) is 13.8. The molecule has 5 rings (SSSR count). The predicted molar refractivity (Wildman–Crippen MR) is 109 cm³/mol. The van der Waals surface area contributed by atoms with Gasteiger partial charge in [0.2, 0.25) is 0 Å². The second kappa shape index (κ2) is 6.42. The summed E-state index contributed by atoms with van der Waals surface area (Å²) in [5.74, 6) is 0. The fourth-order valence-electron chi connectivity index (χ4n) is 3.57. The molecule has 0 saturated heterocycles. The maximum absolute atomic E-state index is 13.1. The molecule has 4 heterocycles. The number of nitrogens with zero attached hydrogens (tertiary/aromatic N) is 5. The maximum Gasteiger partial charge on any atom is 0.266 e. The average Bonchev–Trinajstić information content (AvgIpc) is 3.14. The second-order valence-electron chi connectivity index (χ2n) is 6.53. The van der Waals surface area contributed by atoms with Gasteiger partial charge in [-0.2, -0.15) is 5.10 Å². The van der Waals surface area contributed by atoms with Crippen molar-refractivity contribution < 1.29 is 0 Å². The van der Waals surface area contributed by atoms with Gasteiger partial charge in [-0.05, 0) is 30.2 Å². The molecule has 0 spiro atoms. The van der Waals surface area contributed by atoms with Gasteiger partial charge in [0.15, 0.2) is 5.65 Å². The van der Waals surface area contributed by atoms with Crippen molar-refractivity contribution in [3.05, 3.63) is 89.4 Å². The summed E-state index contributed by atoms with van der Waals surface area (Å²) < 4.78 is 3.38. The van der Waals surface area contributed by atoms with E-state index in [1.54, 1.807) is 46.0 Å². The molecule has 0 unspecified atom stereocenters. The molecule has 0 saturated carbocycles. The van der Waals surface area contributed by atoms with E-state index in [9.17, 15) is 4.79 Å². The zero-order valence-electron chi connectivity index (χ0n) is 15.3. The van der Waals surface area contributed by atoms with E-state index < -0.39 is 0 Å². The highest BCUT2D eigenvalue weighted by atomic mass is 16.1. The monoisotopic (exact) mass is 367 g/mol. The lowest BCUT2D eigenvalue weighted by Crippen LogP contribution is -2.18. The Morgan fingerprint density at radius 1 is 1.00 bits per heavy atom. The summed E-state index contributed by atoms with van der Waals surface area (Å²) >= 11 is 0. The quantitative estimate of drug-likeness (QED) is 0.488. The van der Waals surface area contributed by atoms with Crippen LogP contribution in [0.15, 0.2) is 78.1 Å². The molecule has 0 aliphatic rings. The summed E-state index contributed by atoms with van der Waals surface area (Å²) in [4.78, 5) is 21.7. The Morgan fingerprint density at radius 3 is 2.54 bits per heavy atom. The Balaban J connectivity index is 1.81. The smallest absolute Gasteiger partial charge is 0.266 e. The molecule has 0 bridgehead atoms. The van der Waals surface area contributed by atoms with Gasteiger partial charge >= 0.3 is 0 Å². The van der Waals surface area contributed by atoms with Crippen molar-refractivity contribution in [2.45, 2.75) is 13.3 Å². The number of rotatable bonds is 3. The van der Waals surface area contributed by atoms with Crippen LogP contribution < -0.4 is 5.56 Å². The third kappa shape index (κ3) is 2.42. The Kier molecular flexibility index (Phi) is 3.76. The van der Waals surface area contributed by atoms with Crippen molar-refractivity contribution in [1.82, 2.24) is 24.1 Å². The largest absolute Gasteiger partial charge is 0.284 e. The minimum absolute atomic E-state index is 0.132. The van der Waals surface area contributed by atoms with E-state index in [2.05, 4.69) is 29.0 Å². The van der Waals surface area contributed by atoms with Gasteiger partial charge in [0.25, 0.3) is 5.56 Å². The molecular weight excluding hydrogens is 350 g/mol. The molecular formula is C22H17N5O. The van der Waals surface area contributed by atoms with Crippen LogP contribution in [-0.4, -0.2) is 24.1 Å². The lowest BCUT2D eigenvalue weighted by molar-refractivity contribution is 0.909. The molecule has 0 radical (unpaired) electrons. The summed E-state index contributed by atoms with van der Waals surface area (Å²) in [5, 5.41) is 5.30. The molecule has 0 aliphatic heterocycles. The molecule has 0 atom stereocenters. The lowest BCUT2D eigenvalue weighted by Gasteiger charge is -2.08. The van der Waals surface area contributed by atoms with Crippen LogP contribution in [0.3, 0.4) is 0 Å². The van der Waals surface area contributed by atoms with Crippen LogP contribution in [0.1, 0.15) is 12.6 Å². The Hall–Kier alpha value is -3.80. The molecule has 0 N–H and O–H groups in total. The van der Waals surface area contributed by atoms with Gasteiger partial charge in [0, 0.05) is 30.4 Å². The summed E-state index contributed by atoms with van der Waals surface area (Å²) in [6.07, 6.45) is 7.54. The van der Waals surface area contributed by atoms with Crippen molar-refractivity contribution in [1.29, 1.82) is 0 Å². The van der Waals surface area contributed by atoms with E-state index in [4.69, 9.17) is 5.10 Å². The van der Waals surface area contributed by atoms with Crippen molar-refractivity contribution >= 4 is 16.6 Å². The van der Waals surface area contributed by atoms with Gasteiger partial charge < -0.3 is 0 Å². The molecule has 6 heteroatoms. The highest BCUT2D eigenvalue weighted by molar-refractivity contribution is 5.86. The minimum atomic E-state index is -0.132. The number of pyridine rings is 2. The van der Waals surface area contributed by atoms with Crippen LogP contribution in [0.4, 0.5) is 0 Å². The molecule has 6 nitrogen and oxygen atoms in total. The summed E-state index contributed by atoms with van der Waals surface area (Å²) in [6, 6.07) is 15.6. The normalized spacial score (nSPS) is 11.3. The minimum Gasteiger partial charge on any atom is -0.284 e.